The number of likely N-dealkylation sites (tertiary alicyclic amines) is 1. The van der Waals surface area contributed by atoms with Gasteiger partial charge in [-0.2, -0.15) is 0 Å². The van der Waals surface area contributed by atoms with Crippen LogP contribution in [0.5, 0.6) is 0 Å². The van der Waals surface area contributed by atoms with E-state index in [1.54, 1.807) is 4.90 Å². The van der Waals surface area contributed by atoms with E-state index in [4.69, 9.17) is 5.11 Å². The van der Waals surface area contributed by atoms with E-state index in [-0.39, 0.29) is 25.1 Å². The molecule has 3 N–H and O–H groups in total. The number of hydrogen-bond acceptors (Lipinski definition) is 3. The van der Waals surface area contributed by atoms with Crippen LogP contribution in [-0.4, -0.2) is 52.9 Å². The van der Waals surface area contributed by atoms with E-state index < -0.39 is 5.97 Å². The van der Waals surface area contributed by atoms with Gasteiger partial charge < -0.3 is 20.4 Å². The third-order valence-electron chi connectivity index (χ3n) is 3.42. The summed E-state index contributed by atoms with van der Waals surface area (Å²) in [7, 11) is 0. The van der Waals surface area contributed by atoms with Gasteiger partial charge in [0.15, 0.2) is 0 Å². The molecule has 0 aromatic carbocycles. The highest BCUT2D eigenvalue weighted by molar-refractivity contribution is 5.74. The zero-order valence-electron chi connectivity index (χ0n) is 10.8. The molecule has 0 aromatic heterocycles. The molecular formula is C12H22N2O4. The van der Waals surface area contributed by atoms with Gasteiger partial charge in [0.1, 0.15) is 0 Å². The molecule has 0 radical (unpaired) electrons. The first-order valence-electron chi connectivity index (χ1n) is 6.43. The zero-order chi connectivity index (χ0) is 13.5. The Hall–Kier alpha value is -1.30. The molecule has 18 heavy (non-hydrogen) atoms. The molecule has 6 nitrogen and oxygen atoms in total. The molecule has 1 heterocycles. The number of carboxylic acid groups (broad SMARTS) is 1. The highest BCUT2D eigenvalue weighted by atomic mass is 16.4. The zero-order valence-corrected chi connectivity index (χ0v) is 10.8. The van der Waals surface area contributed by atoms with Gasteiger partial charge in [0.2, 0.25) is 0 Å². The van der Waals surface area contributed by atoms with Gasteiger partial charge in [0.25, 0.3) is 0 Å². The van der Waals surface area contributed by atoms with Gasteiger partial charge in [0, 0.05) is 19.5 Å². The fraction of sp³-hybridized carbons (Fsp3) is 0.833. The molecule has 0 saturated carbocycles. The number of rotatable bonds is 6. The summed E-state index contributed by atoms with van der Waals surface area (Å²) in [6.45, 7) is 3.18. The standard InChI is InChI=1S/C12H22N2O4/c1-9-5-7-14(10(9)8-15)12(18)13-6-3-2-4-11(16)17/h9-10,15H,2-8H2,1H3,(H,13,18)(H,16,17). The van der Waals surface area contributed by atoms with Crippen molar-refractivity contribution in [1.29, 1.82) is 0 Å². The second-order valence-electron chi connectivity index (χ2n) is 4.79. The van der Waals surface area contributed by atoms with Crippen LogP contribution in [0.15, 0.2) is 0 Å². The predicted molar refractivity (Wildman–Crippen MR) is 66.2 cm³/mol. The van der Waals surface area contributed by atoms with Crippen LogP contribution >= 0.6 is 0 Å². The third kappa shape index (κ3) is 4.18. The maximum Gasteiger partial charge on any atom is 0.317 e. The highest BCUT2D eigenvalue weighted by Gasteiger charge is 2.33. The maximum atomic E-state index is 11.8. The fourth-order valence-electron chi connectivity index (χ4n) is 2.24. The SMILES string of the molecule is CC1CCN(C(=O)NCCCCC(=O)O)C1CO. The van der Waals surface area contributed by atoms with Crippen LogP contribution in [0.1, 0.15) is 32.6 Å². The lowest BCUT2D eigenvalue weighted by molar-refractivity contribution is -0.137. The molecule has 1 fully saturated rings. The second kappa shape index (κ2) is 7.20. The second-order valence-corrected chi connectivity index (χ2v) is 4.79. The number of amides is 2. The number of aliphatic hydroxyl groups excluding tert-OH is 1. The minimum Gasteiger partial charge on any atom is -0.481 e. The summed E-state index contributed by atoms with van der Waals surface area (Å²) in [5.41, 5.74) is 0. The Morgan fingerprint density at radius 3 is 2.72 bits per heavy atom. The minimum atomic E-state index is -0.810. The highest BCUT2D eigenvalue weighted by Crippen LogP contribution is 2.23. The molecule has 104 valence electrons. The number of nitrogens with one attached hydrogen (secondary N) is 1. The minimum absolute atomic E-state index is 0.00635. The Kier molecular flexibility index (Phi) is 5.91. The molecule has 6 heteroatoms. The van der Waals surface area contributed by atoms with Crippen LogP contribution in [-0.2, 0) is 4.79 Å². The lowest BCUT2D eigenvalue weighted by atomic mass is 10.0. The topological polar surface area (TPSA) is 89.9 Å². The number of aliphatic hydroxyl groups is 1. The maximum absolute atomic E-state index is 11.8. The third-order valence-corrected chi connectivity index (χ3v) is 3.42. The summed E-state index contributed by atoms with van der Waals surface area (Å²) >= 11 is 0. The van der Waals surface area contributed by atoms with E-state index in [0.29, 0.717) is 31.8 Å². The van der Waals surface area contributed by atoms with Crippen LogP contribution in [0.2, 0.25) is 0 Å². The van der Waals surface area contributed by atoms with E-state index in [0.717, 1.165) is 6.42 Å². The average Bonchev–Trinajstić information content (AvgIpc) is 2.69. The van der Waals surface area contributed by atoms with Crippen molar-refractivity contribution in [3.63, 3.8) is 0 Å². The summed E-state index contributed by atoms with van der Waals surface area (Å²) < 4.78 is 0. The summed E-state index contributed by atoms with van der Waals surface area (Å²) in [6.07, 6.45) is 2.27. The van der Waals surface area contributed by atoms with Crippen molar-refractivity contribution in [3.05, 3.63) is 0 Å². The van der Waals surface area contributed by atoms with Gasteiger partial charge in [-0.15, -0.1) is 0 Å². The van der Waals surface area contributed by atoms with Crippen LogP contribution in [0, 0.1) is 5.92 Å². The molecular weight excluding hydrogens is 236 g/mol. The Bertz CT molecular complexity index is 296. The lowest BCUT2D eigenvalue weighted by Gasteiger charge is -2.25. The number of unbranched alkanes of at least 4 members (excludes halogenated alkanes) is 1. The number of urea groups is 1. The van der Waals surface area contributed by atoms with Gasteiger partial charge in [-0.05, 0) is 25.2 Å². The first-order chi connectivity index (χ1) is 8.56. The van der Waals surface area contributed by atoms with Crippen LogP contribution in [0.25, 0.3) is 0 Å². The Morgan fingerprint density at radius 1 is 1.39 bits per heavy atom. The summed E-state index contributed by atoms with van der Waals surface area (Å²) in [5.74, 6) is -0.484. The number of carbonyl (C=O) groups excluding carboxylic acids is 1. The monoisotopic (exact) mass is 258 g/mol. The van der Waals surface area contributed by atoms with Crippen molar-refractivity contribution in [2.24, 2.45) is 5.92 Å². The van der Waals surface area contributed by atoms with Crippen molar-refractivity contribution in [2.75, 3.05) is 19.7 Å². The number of aliphatic carboxylic acids is 1. The number of carboxylic acids is 1. The molecule has 2 atom stereocenters. The first kappa shape index (κ1) is 14.8. The molecule has 1 aliphatic heterocycles. The Morgan fingerprint density at radius 2 is 2.11 bits per heavy atom. The van der Waals surface area contributed by atoms with Crippen molar-refractivity contribution in [3.8, 4) is 0 Å². The number of hydrogen-bond donors (Lipinski definition) is 3. The van der Waals surface area contributed by atoms with E-state index >= 15 is 0 Å². The molecule has 0 aromatic rings. The molecule has 1 rings (SSSR count). The smallest absolute Gasteiger partial charge is 0.317 e. The van der Waals surface area contributed by atoms with Gasteiger partial charge in [-0.1, -0.05) is 6.92 Å². The molecule has 0 spiro atoms. The largest absolute Gasteiger partial charge is 0.481 e. The van der Waals surface area contributed by atoms with E-state index in [1.807, 2.05) is 6.92 Å². The van der Waals surface area contributed by atoms with E-state index in [1.165, 1.54) is 0 Å². The number of nitrogens with zero attached hydrogens (tertiary/aromatic N) is 1. The van der Waals surface area contributed by atoms with Crippen molar-refractivity contribution in [1.82, 2.24) is 10.2 Å². The first-order valence-corrected chi connectivity index (χ1v) is 6.43. The molecule has 0 aliphatic carbocycles. The van der Waals surface area contributed by atoms with E-state index in [2.05, 4.69) is 5.32 Å². The molecule has 0 bridgehead atoms. The quantitative estimate of drug-likeness (QED) is 0.610. The lowest BCUT2D eigenvalue weighted by Crippen LogP contribution is -2.45. The van der Waals surface area contributed by atoms with Crippen molar-refractivity contribution in [2.45, 2.75) is 38.6 Å². The van der Waals surface area contributed by atoms with Crippen LogP contribution in [0.4, 0.5) is 4.79 Å². The predicted octanol–water partition coefficient (Wildman–Crippen LogP) is 0.654. The Balaban J connectivity index is 2.22. The van der Waals surface area contributed by atoms with Gasteiger partial charge >= 0.3 is 12.0 Å². The summed E-state index contributed by atoms with van der Waals surface area (Å²) in [5, 5.41) is 20.5. The number of carbonyl (C=O) groups is 2. The summed E-state index contributed by atoms with van der Waals surface area (Å²) in [6, 6.07) is -0.252. The fourth-order valence-corrected chi connectivity index (χ4v) is 2.24. The molecule has 2 unspecified atom stereocenters. The Labute approximate surface area is 107 Å². The molecule has 1 aliphatic rings. The molecule has 1 saturated heterocycles. The van der Waals surface area contributed by atoms with Crippen LogP contribution < -0.4 is 5.32 Å². The average molecular weight is 258 g/mol. The van der Waals surface area contributed by atoms with Gasteiger partial charge in [0.05, 0.1) is 12.6 Å². The molecule has 2 amide bonds. The van der Waals surface area contributed by atoms with Gasteiger partial charge in [-0.3, -0.25) is 4.79 Å². The van der Waals surface area contributed by atoms with E-state index in [9.17, 15) is 14.7 Å². The normalized spacial score (nSPS) is 23.1. The van der Waals surface area contributed by atoms with Crippen molar-refractivity contribution < 1.29 is 19.8 Å². The summed E-state index contributed by atoms with van der Waals surface area (Å²) in [4.78, 5) is 23.8. The van der Waals surface area contributed by atoms with Crippen molar-refractivity contribution >= 4 is 12.0 Å². The van der Waals surface area contributed by atoms with Crippen LogP contribution in [0.3, 0.4) is 0 Å². The van der Waals surface area contributed by atoms with Gasteiger partial charge in [-0.25, -0.2) is 4.79 Å².